The molecule has 0 spiro atoms. The fraction of sp³-hybridized carbons (Fsp3) is 0. The maximum absolute atomic E-state index is 12.0. The van der Waals surface area contributed by atoms with E-state index in [0.717, 1.165) is 10.2 Å². The lowest BCUT2D eigenvalue weighted by Crippen LogP contribution is -2.19. The Labute approximate surface area is 145 Å². The number of benzene rings is 2. The Kier molecular flexibility index (Phi) is 4.35. The van der Waals surface area contributed by atoms with Gasteiger partial charge in [-0.2, -0.15) is 5.26 Å². The zero-order valence-electron chi connectivity index (χ0n) is 11.4. The molecule has 0 saturated carbocycles. The number of amides is 2. The van der Waals surface area contributed by atoms with Gasteiger partial charge in [0.25, 0.3) is 0 Å². The van der Waals surface area contributed by atoms with Gasteiger partial charge in [0.05, 0.1) is 21.8 Å². The molecule has 0 radical (unpaired) electrons. The minimum absolute atomic E-state index is 0.363. The number of urea groups is 1. The average Bonchev–Trinajstić information content (AvgIpc) is 2.87. The quantitative estimate of drug-likeness (QED) is 0.663. The van der Waals surface area contributed by atoms with Gasteiger partial charge < -0.3 is 5.32 Å². The number of halogens is 2. The standard InChI is InChI=1S/C15H8Cl2N4OS/c16-9-1-2-12-13(6-9)23-15(20-12)21-14(22)19-11-4-8(7-18)3-10(17)5-11/h1-6H,(H2,19,20,21,22). The molecule has 2 amide bonds. The lowest BCUT2D eigenvalue weighted by atomic mass is 10.2. The highest BCUT2D eigenvalue weighted by atomic mass is 35.5. The summed E-state index contributed by atoms with van der Waals surface area (Å²) in [6, 6.07) is 11.4. The topological polar surface area (TPSA) is 77.8 Å². The van der Waals surface area contributed by atoms with E-state index in [1.807, 2.05) is 6.07 Å². The Balaban J connectivity index is 1.76. The molecule has 0 aliphatic rings. The summed E-state index contributed by atoms with van der Waals surface area (Å²) in [4.78, 5) is 16.3. The van der Waals surface area contributed by atoms with Crippen LogP contribution in [0, 0.1) is 11.3 Å². The second-order valence-electron chi connectivity index (χ2n) is 4.55. The van der Waals surface area contributed by atoms with E-state index in [0.29, 0.717) is 26.4 Å². The molecule has 114 valence electrons. The molecule has 0 unspecified atom stereocenters. The Morgan fingerprint density at radius 3 is 2.74 bits per heavy atom. The van der Waals surface area contributed by atoms with Crippen LogP contribution in [0.3, 0.4) is 0 Å². The highest BCUT2D eigenvalue weighted by Crippen LogP contribution is 2.28. The van der Waals surface area contributed by atoms with Gasteiger partial charge >= 0.3 is 6.03 Å². The zero-order chi connectivity index (χ0) is 16.4. The lowest BCUT2D eigenvalue weighted by molar-refractivity contribution is 0.262. The van der Waals surface area contributed by atoms with Crippen LogP contribution in [0.1, 0.15) is 5.56 Å². The van der Waals surface area contributed by atoms with Crippen molar-refractivity contribution >= 4 is 61.6 Å². The largest absolute Gasteiger partial charge is 0.325 e. The summed E-state index contributed by atoms with van der Waals surface area (Å²) in [6.07, 6.45) is 0. The number of carbonyl (C=O) groups is 1. The van der Waals surface area contributed by atoms with Crippen molar-refractivity contribution in [1.29, 1.82) is 5.26 Å². The SMILES string of the molecule is N#Cc1cc(Cl)cc(NC(=O)Nc2nc3ccc(Cl)cc3s2)c1. The fourth-order valence-electron chi connectivity index (χ4n) is 1.94. The fourth-order valence-corrected chi connectivity index (χ4v) is 3.31. The van der Waals surface area contributed by atoms with Gasteiger partial charge in [0.1, 0.15) is 0 Å². The van der Waals surface area contributed by atoms with Crippen LogP contribution >= 0.6 is 34.5 Å². The number of fused-ring (bicyclic) bond motifs is 1. The number of anilines is 2. The third-order valence-electron chi connectivity index (χ3n) is 2.86. The summed E-state index contributed by atoms with van der Waals surface area (Å²) < 4.78 is 0.877. The van der Waals surface area contributed by atoms with E-state index in [9.17, 15) is 4.79 Å². The predicted molar refractivity (Wildman–Crippen MR) is 93.4 cm³/mol. The smallest absolute Gasteiger partial charge is 0.308 e. The number of hydrogen-bond acceptors (Lipinski definition) is 4. The van der Waals surface area contributed by atoms with E-state index in [1.54, 1.807) is 24.3 Å². The minimum atomic E-state index is -0.471. The van der Waals surface area contributed by atoms with Crippen LogP contribution in [-0.4, -0.2) is 11.0 Å². The molecule has 23 heavy (non-hydrogen) atoms. The number of thiazole rings is 1. The first-order valence-corrected chi connectivity index (χ1v) is 7.95. The van der Waals surface area contributed by atoms with E-state index in [2.05, 4.69) is 15.6 Å². The predicted octanol–water partition coefficient (Wildman–Crippen LogP) is 5.12. The molecule has 0 atom stereocenters. The van der Waals surface area contributed by atoms with Crippen LogP contribution in [0.15, 0.2) is 36.4 Å². The van der Waals surface area contributed by atoms with Gasteiger partial charge in [-0.3, -0.25) is 5.32 Å². The molecule has 1 heterocycles. The second kappa shape index (κ2) is 6.42. The maximum Gasteiger partial charge on any atom is 0.325 e. The summed E-state index contributed by atoms with van der Waals surface area (Å²) in [7, 11) is 0. The van der Waals surface area contributed by atoms with E-state index in [-0.39, 0.29) is 0 Å². The summed E-state index contributed by atoms with van der Waals surface area (Å²) in [5.74, 6) is 0. The van der Waals surface area contributed by atoms with Crippen LogP contribution in [0.2, 0.25) is 10.0 Å². The highest BCUT2D eigenvalue weighted by molar-refractivity contribution is 7.22. The molecule has 5 nitrogen and oxygen atoms in total. The molecule has 2 N–H and O–H groups in total. The number of carbonyl (C=O) groups excluding carboxylic acids is 1. The van der Waals surface area contributed by atoms with Crippen molar-refractivity contribution in [1.82, 2.24) is 4.98 Å². The Hall–Kier alpha value is -2.33. The van der Waals surface area contributed by atoms with Crippen molar-refractivity contribution in [2.75, 3.05) is 10.6 Å². The van der Waals surface area contributed by atoms with E-state index >= 15 is 0 Å². The van der Waals surface area contributed by atoms with Gasteiger partial charge in [-0.25, -0.2) is 9.78 Å². The van der Waals surface area contributed by atoms with Crippen molar-refractivity contribution in [3.8, 4) is 6.07 Å². The van der Waals surface area contributed by atoms with Gasteiger partial charge in [0, 0.05) is 15.7 Å². The molecule has 3 aromatic rings. The van der Waals surface area contributed by atoms with E-state index in [4.69, 9.17) is 28.5 Å². The maximum atomic E-state index is 12.0. The number of nitriles is 1. The van der Waals surface area contributed by atoms with Crippen molar-refractivity contribution in [2.24, 2.45) is 0 Å². The molecule has 1 aromatic heterocycles. The van der Waals surface area contributed by atoms with Gasteiger partial charge in [-0.1, -0.05) is 34.5 Å². The minimum Gasteiger partial charge on any atom is -0.308 e. The first-order chi connectivity index (χ1) is 11.0. The molecule has 3 rings (SSSR count). The number of hydrogen-bond donors (Lipinski definition) is 2. The Morgan fingerprint density at radius 1 is 1.13 bits per heavy atom. The second-order valence-corrected chi connectivity index (χ2v) is 6.45. The Bertz CT molecular complexity index is 948. The number of nitrogens with zero attached hydrogens (tertiary/aromatic N) is 2. The summed E-state index contributed by atoms with van der Waals surface area (Å²) >= 11 is 13.1. The van der Waals surface area contributed by atoms with Gasteiger partial charge in [0.2, 0.25) is 0 Å². The monoisotopic (exact) mass is 362 g/mol. The number of aromatic nitrogens is 1. The Morgan fingerprint density at radius 2 is 1.96 bits per heavy atom. The molecule has 8 heteroatoms. The van der Waals surface area contributed by atoms with E-state index < -0.39 is 6.03 Å². The van der Waals surface area contributed by atoms with Crippen molar-refractivity contribution in [3.63, 3.8) is 0 Å². The third-order valence-corrected chi connectivity index (χ3v) is 4.24. The molecular weight excluding hydrogens is 355 g/mol. The van der Waals surface area contributed by atoms with Gasteiger partial charge in [-0.05, 0) is 36.4 Å². The number of rotatable bonds is 2. The summed E-state index contributed by atoms with van der Waals surface area (Å²) in [5.41, 5.74) is 1.54. The van der Waals surface area contributed by atoms with Crippen molar-refractivity contribution in [2.45, 2.75) is 0 Å². The molecule has 0 aliphatic heterocycles. The first-order valence-electron chi connectivity index (χ1n) is 6.38. The van der Waals surface area contributed by atoms with Crippen LogP contribution < -0.4 is 10.6 Å². The number of nitrogens with one attached hydrogen (secondary N) is 2. The average molecular weight is 363 g/mol. The third kappa shape index (κ3) is 3.71. The van der Waals surface area contributed by atoms with Crippen molar-refractivity contribution in [3.05, 3.63) is 52.0 Å². The van der Waals surface area contributed by atoms with Crippen LogP contribution in [0.25, 0.3) is 10.2 Å². The van der Waals surface area contributed by atoms with Crippen LogP contribution in [0.4, 0.5) is 15.6 Å². The van der Waals surface area contributed by atoms with Crippen LogP contribution in [-0.2, 0) is 0 Å². The lowest BCUT2D eigenvalue weighted by Gasteiger charge is -2.06. The first kappa shape index (κ1) is 15.6. The van der Waals surface area contributed by atoms with Crippen molar-refractivity contribution < 1.29 is 4.79 Å². The van der Waals surface area contributed by atoms with Crippen LogP contribution in [0.5, 0.6) is 0 Å². The summed E-state index contributed by atoms with van der Waals surface area (Å²) in [5, 5.41) is 15.6. The molecule has 0 aliphatic carbocycles. The normalized spacial score (nSPS) is 10.3. The van der Waals surface area contributed by atoms with Gasteiger partial charge in [-0.15, -0.1) is 0 Å². The van der Waals surface area contributed by atoms with E-state index in [1.165, 1.54) is 23.5 Å². The molecular formula is C15H8Cl2N4OS. The molecule has 2 aromatic carbocycles. The highest BCUT2D eigenvalue weighted by Gasteiger charge is 2.09. The molecule has 0 saturated heterocycles. The van der Waals surface area contributed by atoms with Gasteiger partial charge in [0.15, 0.2) is 5.13 Å². The molecule has 0 bridgehead atoms. The zero-order valence-corrected chi connectivity index (χ0v) is 13.8. The molecule has 0 fully saturated rings. The summed E-state index contributed by atoms with van der Waals surface area (Å²) in [6.45, 7) is 0.